The van der Waals surface area contributed by atoms with E-state index in [0.29, 0.717) is 13.0 Å². The zero-order chi connectivity index (χ0) is 15.1. The minimum Gasteiger partial charge on any atom is -0.465 e. The van der Waals surface area contributed by atoms with Crippen molar-refractivity contribution in [1.82, 2.24) is 4.90 Å². The first-order chi connectivity index (χ1) is 10.2. The molecule has 0 aliphatic heterocycles. The lowest BCUT2D eigenvalue weighted by Crippen LogP contribution is -2.38. The fourth-order valence-corrected chi connectivity index (χ4v) is 2.93. The molecule has 1 saturated carbocycles. The molecule has 21 heavy (non-hydrogen) atoms. The molecule has 1 amide bonds. The first-order valence-electron chi connectivity index (χ1n) is 7.33. The quantitative estimate of drug-likeness (QED) is 0.547. The van der Waals surface area contributed by atoms with Crippen molar-refractivity contribution in [3.63, 3.8) is 0 Å². The summed E-state index contributed by atoms with van der Waals surface area (Å²) in [4.78, 5) is 26.7. The van der Waals surface area contributed by atoms with Crippen molar-refractivity contribution < 1.29 is 14.3 Å². The Bertz CT molecular complexity index is 474. The number of hydrogen-bond acceptors (Lipinski definition) is 4. The summed E-state index contributed by atoms with van der Waals surface area (Å²) in [6.45, 7) is 2.22. The Morgan fingerprint density at radius 2 is 2.00 bits per heavy atom. The Kier molecular flexibility index (Phi) is 6.11. The van der Waals surface area contributed by atoms with E-state index >= 15 is 0 Å². The summed E-state index contributed by atoms with van der Waals surface area (Å²) < 4.78 is 4.94. The summed E-state index contributed by atoms with van der Waals surface area (Å²) in [5.41, 5.74) is 0. The van der Waals surface area contributed by atoms with Crippen LogP contribution in [0.4, 0.5) is 0 Å². The lowest BCUT2D eigenvalue weighted by atomic mass is 10.3. The van der Waals surface area contributed by atoms with Crippen molar-refractivity contribution in [3.05, 3.63) is 30.3 Å². The highest BCUT2D eigenvalue weighted by atomic mass is 32.2. The minimum absolute atomic E-state index is 0.0500. The Balaban J connectivity index is 1.77. The molecule has 0 spiro atoms. The molecule has 1 fully saturated rings. The molecule has 2 rings (SSSR count). The van der Waals surface area contributed by atoms with Crippen LogP contribution in [0, 0.1) is 0 Å². The van der Waals surface area contributed by atoms with Crippen LogP contribution in [0.25, 0.3) is 0 Å². The average molecular weight is 307 g/mol. The number of esters is 1. The largest absolute Gasteiger partial charge is 0.465 e. The van der Waals surface area contributed by atoms with Crippen LogP contribution in [0.1, 0.15) is 26.2 Å². The SMILES string of the molecule is CCOC(=O)CN(C(=O)CCSc1ccccc1)C1CC1. The van der Waals surface area contributed by atoms with E-state index in [1.54, 1.807) is 23.6 Å². The molecular weight excluding hydrogens is 286 g/mol. The lowest BCUT2D eigenvalue weighted by molar-refractivity contribution is -0.149. The highest BCUT2D eigenvalue weighted by molar-refractivity contribution is 7.99. The second kappa shape index (κ2) is 8.08. The topological polar surface area (TPSA) is 46.6 Å². The zero-order valence-corrected chi connectivity index (χ0v) is 13.1. The molecule has 1 aromatic carbocycles. The third-order valence-electron chi connectivity index (χ3n) is 3.24. The zero-order valence-electron chi connectivity index (χ0n) is 12.3. The summed E-state index contributed by atoms with van der Waals surface area (Å²) in [7, 11) is 0. The Labute approximate surface area is 129 Å². The maximum atomic E-state index is 12.3. The maximum Gasteiger partial charge on any atom is 0.325 e. The smallest absolute Gasteiger partial charge is 0.325 e. The van der Waals surface area contributed by atoms with Gasteiger partial charge in [-0.15, -0.1) is 11.8 Å². The fraction of sp³-hybridized carbons (Fsp3) is 0.500. The van der Waals surface area contributed by atoms with Crippen molar-refractivity contribution in [2.75, 3.05) is 18.9 Å². The van der Waals surface area contributed by atoms with Gasteiger partial charge in [0.2, 0.25) is 5.91 Å². The number of rotatable bonds is 8. The first-order valence-corrected chi connectivity index (χ1v) is 8.32. The average Bonchev–Trinajstić information content (AvgIpc) is 3.30. The predicted octanol–water partition coefficient (Wildman–Crippen LogP) is 2.72. The van der Waals surface area contributed by atoms with Gasteiger partial charge >= 0.3 is 5.97 Å². The molecule has 0 saturated heterocycles. The number of carbonyl (C=O) groups excluding carboxylic acids is 2. The van der Waals surface area contributed by atoms with Gasteiger partial charge in [-0.3, -0.25) is 9.59 Å². The second-order valence-electron chi connectivity index (χ2n) is 4.97. The molecule has 0 heterocycles. The Morgan fingerprint density at radius 1 is 1.29 bits per heavy atom. The number of carbonyl (C=O) groups is 2. The van der Waals surface area contributed by atoms with Gasteiger partial charge in [-0.2, -0.15) is 0 Å². The molecule has 0 N–H and O–H groups in total. The van der Waals surface area contributed by atoms with Crippen LogP contribution >= 0.6 is 11.8 Å². The Hall–Kier alpha value is -1.49. The van der Waals surface area contributed by atoms with Gasteiger partial charge in [-0.05, 0) is 31.9 Å². The molecule has 1 aliphatic rings. The van der Waals surface area contributed by atoms with E-state index in [4.69, 9.17) is 4.74 Å². The van der Waals surface area contributed by atoms with Crippen LogP contribution in [0.5, 0.6) is 0 Å². The van der Waals surface area contributed by atoms with Crippen molar-refractivity contribution in [3.8, 4) is 0 Å². The summed E-state index contributed by atoms with van der Waals surface area (Å²) in [5, 5.41) is 0. The monoisotopic (exact) mass is 307 g/mol. The number of benzene rings is 1. The molecule has 114 valence electrons. The molecule has 0 unspecified atom stereocenters. The van der Waals surface area contributed by atoms with E-state index in [1.807, 2.05) is 30.3 Å². The van der Waals surface area contributed by atoms with E-state index in [2.05, 4.69) is 0 Å². The van der Waals surface area contributed by atoms with Gasteiger partial charge in [0.25, 0.3) is 0 Å². The molecule has 5 heteroatoms. The maximum absolute atomic E-state index is 12.3. The lowest BCUT2D eigenvalue weighted by Gasteiger charge is -2.21. The van der Waals surface area contributed by atoms with Crippen LogP contribution in [-0.2, 0) is 14.3 Å². The molecule has 4 nitrogen and oxygen atoms in total. The number of hydrogen-bond donors (Lipinski definition) is 0. The van der Waals surface area contributed by atoms with Crippen LogP contribution in [0.15, 0.2) is 35.2 Å². The highest BCUT2D eigenvalue weighted by Crippen LogP contribution is 2.28. The van der Waals surface area contributed by atoms with Crippen LogP contribution in [0.2, 0.25) is 0 Å². The van der Waals surface area contributed by atoms with Gasteiger partial charge in [0.1, 0.15) is 6.54 Å². The molecule has 1 aliphatic carbocycles. The molecule has 0 atom stereocenters. The normalized spacial score (nSPS) is 13.8. The van der Waals surface area contributed by atoms with Gasteiger partial charge in [0.15, 0.2) is 0 Å². The van der Waals surface area contributed by atoms with Gasteiger partial charge in [-0.25, -0.2) is 0 Å². The van der Waals surface area contributed by atoms with E-state index in [1.165, 1.54) is 0 Å². The van der Waals surface area contributed by atoms with Gasteiger partial charge in [0, 0.05) is 23.1 Å². The van der Waals surface area contributed by atoms with Crippen LogP contribution < -0.4 is 0 Å². The van der Waals surface area contributed by atoms with Crippen LogP contribution in [-0.4, -0.2) is 41.7 Å². The molecular formula is C16H21NO3S. The number of amides is 1. The fourth-order valence-electron chi connectivity index (χ4n) is 2.07. The number of thioether (sulfide) groups is 1. The molecule has 1 aromatic rings. The first kappa shape index (κ1) is 15.9. The van der Waals surface area contributed by atoms with Gasteiger partial charge in [-0.1, -0.05) is 18.2 Å². The summed E-state index contributed by atoms with van der Waals surface area (Å²) >= 11 is 1.66. The van der Waals surface area contributed by atoms with E-state index in [-0.39, 0.29) is 24.5 Å². The van der Waals surface area contributed by atoms with Crippen molar-refractivity contribution in [2.24, 2.45) is 0 Å². The standard InChI is InChI=1S/C16H21NO3S/c1-2-20-16(19)12-17(13-8-9-13)15(18)10-11-21-14-6-4-3-5-7-14/h3-7,13H,2,8-12H2,1H3. The molecule has 0 bridgehead atoms. The van der Waals surface area contributed by atoms with Crippen molar-refractivity contribution >= 4 is 23.6 Å². The summed E-state index contributed by atoms with van der Waals surface area (Å²) in [5.74, 6) is 0.469. The number of ether oxygens (including phenoxy) is 1. The third-order valence-corrected chi connectivity index (χ3v) is 4.25. The highest BCUT2D eigenvalue weighted by Gasteiger charge is 2.33. The molecule has 0 radical (unpaired) electrons. The number of nitrogens with zero attached hydrogens (tertiary/aromatic N) is 1. The van der Waals surface area contributed by atoms with Crippen molar-refractivity contribution in [2.45, 2.75) is 37.1 Å². The second-order valence-corrected chi connectivity index (χ2v) is 6.14. The molecule has 0 aromatic heterocycles. The predicted molar refractivity (Wildman–Crippen MR) is 83.2 cm³/mol. The summed E-state index contributed by atoms with van der Waals surface area (Å²) in [6.07, 6.45) is 2.45. The van der Waals surface area contributed by atoms with E-state index in [0.717, 1.165) is 23.5 Å². The van der Waals surface area contributed by atoms with Crippen LogP contribution in [0.3, 0.4) is 0 Å². The van der Waals surface area contributed by atoms with Gasteiger partial charge < -0.3 is 9.64 Å². The van der Waals surface area contributed by atoms with E-state index in [9.17, 15) is 9.59 Å². The van der Waals surface area contributed by atoms with Crippen molar-refractivity contribution in [1.29, 1.82) is 0 Å². The minimum atomic E-state index is -0.312. The third kappa shape index (κ3) is 5.42. The Morgan fingerprint density at radius 3 is 2.62 bits per heavy atom. The van der Waals surface area contributed by atoms with E-state index < -0.39 is 0 Å². The summed E-state index contributed by atoms with van der Waals surface area (Å²) in [6, 6.07) is 10.3. The van der Waals surface area contributed by atoms with Gasteiger partial charge in [0.05, 0.1) is 6.61 Å².